The van der Waals surface area contributed by atoms with Gasteiger partial charge in [0.15, 0.2) is 0 Å². The van der Waals surface area contributed by atoms with Crippen molar-refractivity contribution in [3.8, 4) is 11.4 Å². The smallest absolute Gasteiger partial charge is 0.142 e. The first kappa shape index (κ1) is 13.3. The van der Waals surface area contributed by atoms with E-state index in [0.717, 1.165) is 16.6 Å². The summed E-state index contributed by atoms with van der Waals surface area (Å²) in [4.78, 5) is 7.88. The second-order valence-electron chi connectivity index (χ2n) is 4.88. The third kappa shape index (κ3) is 2.03. The second-order valence-corrected chi connectivity index (χ2v) is 5.70. The van der Waals surface area contributed by atoms with Crippen LogP contribution in [-0.2, 0) is 0 Å². The fourth-order valence-electron chi connectivity index (χ4n) is 2.40. The van der Waals surface area contributed by atoms with Gasteiger partial charge >= 0.3 is 0 Å². The van der Waals surface area contributed by atoms with Gasteiger partial charge in [-0.1, -0.05) is 29.3 Å². The number of hydrogen-bond donors (Lipinski definition) is 2. The number of nitrogen functional groups attached to an aromatic ring is 1. The Morgan fingerprint density at radius 2 is 1.80 bits per heavy atom. The van der Waals surface area contributed by atoms with E-state index < -0.39 is 0 Å². The zero-order chi connectivity index (χ0) is 14.4. The van der Waals surface area contributed by atoms with E-state index in [1.165, 1.54) is 5.56 Å². The Hall–Kier alpha value is -1.71. The van der Waals surface area contributed by atoms with Crippen LogP contribution in [-0.4, -0.2) is 9.97 Å². The molecule has 0 unspecified atom stereocenters. The molecule has 0 bridgehead atoms. The third-order valence-electron chi connectivity index (χ3n) is 3.30. The molecule has 0 spiro atoms. The van der Waals surface area contributed by atoms with Crippen molar-refractivity contribution in [2.24, 2.45) is 0 Å². The number of aryl methyl sites for hydroxylation is 2. The lowest BCUT2D eigenvalue weighted by Gasteiger charge is -2.06. The number of anilines is 1. The summed E-state index contributed by atoms with van der Waals surface area (Å²) in [5.74, 6) is 0.638. The molecule has 0 radical (unpaired) electrons. The van der Waals surface area contributed by atoms with Crippen LogP contribution in [0.3, 0.4) is 0 Å². The summed E-state index contributed by atoms with van der Waals surface area (Å²) in [6.07, 6.45) is 0. The molecule has 0 atom stereocenters. The van der Waals surface area contributed by atoms with Crippen LogP contribution in [0.2, 0.25) is 10.0 Å². The first-order valence-corrected chi connectivity index (χ1v) is 6.94. The van der Waals surface area contributed by atoms with Crippen molar-refractivity contribution in [3.05, 3.63) is 45.4 Å². The molecule has 3 aromatic rings. The number of hydrogen-bond acceptors (Lipinski definition) is 2. The predicted octanol–water partition coefficient (Wildman–Crippen LogP) is 4.74. The molecule has 0 saturated carbocycles. The van der Waals surface area contributed by atoms with Crippen molar-refractivity contribution >= 4 is 39.9 Å². The van der Waals surface area contributed by atoms with Crippen molar-refractivity contribution in [2.75, 3.05) is 5.73 Å². The van der Waals surface area contributed by atoms with Gasteiger partial charge in [-0.25, -0.2) is 4.98 Å². The van der Waals surface area contributed by atoms with E-state index in [9.17, 15) is 0 Å². The van der Waals surface area contributed by atoms with Crippen LogP contribution in [0.15, 0.2) is 24.3 Å². The van der Waals surface area contributed by atoms with Crippen molar-refractivity contribution in [3.63, 3.8) is 0 Å². The van der Waals surface area contributed by atoms with Crippen molar-refractivity contribution < 1.29 is 0 Å². The normalized spacial score (nSPS) is 11.2. The minimum absolute atomic E-state index is 0.438. The lowest BCUT2D eigenvalue weighted by Crippen LogP contribution is -1.93. The predicted molar refractivity (Wildman–Crippen MR) is 85.4 cm³/mol. The van der Waals surface area contributed by atoms with Crippen LogP contribution >= 0.6 is 23.2 Å². The molecule has 5 heteroatoms. The van der Waals surface area contributed by atoms with Crippen molar-refractivity contribution in [1.29, 1.82) is 0 Å². The molecule has 102 valence electrons. The van der Waals surface area contributed by atoms with Gasteiger partial charge < -0.3 is 10.7 Å². The topological polar surface area (TPSA) is 54.7 Å². The molecule has 3 N–H and O–H groups in total. The summed E-state index contributed by atoms with van der Waals surface area (Å²) >= 11 is 12.3. The Kier molecular flexibility index (Phi) is 3.11. The molecule has 20 heavy (non-hydrogen) atoms. The van der Waals surface area contributed by atoms with E-state index in [4.69, 9.17) is 28.9 Å². The van der Waals surface area contributed by atoms with Gasteiger partial charge in [0.1, 0.15) is 5.82 Å². The SMILES string of the molecule is Cc1cc(C)c2nc(-c3c(Cl)ccc(Cl)c3N)[nH]c2c1. The Morgan fingerprint density at radius 3 is 2.55 bits per heavy atom. The quantitative estimate of drug-likeness (QED) is 0.638. The maximum Gasteiger partial charge on any atom is 0.142 e. The molecule has 3 nitrogen and oxygen atoms in total. The van der Waals surface area contributed by atoms with Crippen LogP contribution in [0.25, 0.3) is 22.4 Å². The van der Waals surface area contributed by atoms with Crippen molar-refractivity contribution in [2.45, 2.75) is 13.8 Å². The van der Waals surface area contributed by atoms with Gasteiger partial charge in [0.25, 0.3) is 0 Å². The summed E-state index contributed by atoms with van der Waals surface area (Å²) in [7, 11) is 0. The number of nitrogens with zero attached hydrogens (tertiary/aromatic N) is 1. The fourth-order valence-corrected chi connectivity index (χ4v) is 2.81. The van der Waals surface area contributed by atoms with E-state index in [1.807, 2.05) is 19.9 Å². The Bertz CT molecular complexity index is 822. The molecule has 0 fully saturated rings. The molecular weight excluding hydrogens is 293 g/mol. The van der Waals surface area contributed by atoms with E-state index in [0.29, 0.717) is 27.1 Å². The molecule has 1 heterocycles. The van der Waals surface area contributed by atoms with Crippen molar-refractivity contribution in [1.82, 2.24) is 9.97 Å². The maximum absolute atomic E-state index is 6.24. The molecule has 1 aromatic heterocycles. The monoisotopic (exact) mass is 305 g/mol. The molecule has 0 aliphatic rings. The van der Waals surface area contributed by atoms with Crippen LogP contribution < -0.4 is 5.73 Å². The van der Waals surface area contributed by atoms with Gasteiger partial charge in [-0.15, -0.1) is 0 Å². The highest BCUT2D eigenvalue weighted by Crippen LogP contribution is 2.37. The van der Waals surface area contributed by atoms with Gasteiger partial charge in [0.2, 0.25) is 0 Å². The van der Waals surface area contributed by atoms with Gasteiger partial charge in [0.05, 0.1) is 32.3 Å². The van der Waals surface area contributed by atoms with Crippen LogP contribution in [0, 0.1) is 13.8 Å². The third-order valence-corrected chi connectivity index (χ3v) is 3.94. The average Bonchev–Trinajstić information content (AvgIpc) is 2.78. The number of fused-ring (bicyclic) bond motifs is 1. The lowest BCUT2D eigenvalue weighted by atomic mass is 10.1. The Labute approximate surface area is 126 Å². The minimum atomic E-state index is 0.438. The highest BCUT2D eigenvalue weighted by Gasteiger charge is 2.15. The van der Waals surface area contributed by atoms with Gasteiger partial charge in [-0.05, 0) is 43.2 Å². The van der Waals surface area contributed by atoms with Gasteiger partial charge in [-0.2, -0.15) is 0 Å². The lowest BCUT2D eigenvalue weighted by molar-refractivity contribution is 1.33. The summed E-state index contributed by atoms with van der Waals surface area (Å²) in [6, 6.07) is 7.55. The number of nitrogens with one attached hydrogen (secondary N) is 1. The number of nitrogens with two attached hydrogens (primary N) is 1. The number of rotatable bonds is 1. The standard InChI is InChI=1S/C15H13Cl2N3/c1-7-5-8(2)14-11(6-7)19-15(20-14)12-9(16)3-4-10(17)13(12)18/h3-6H,18H2,1-2H3,(H,19,20). The van der Waals surface area contributed by atoms with Crippen LogP contribution in [0.5, 0.6) is 0 Å². The van der Waals surface area contributed by atoms with Crippen LogP contribution in [0.1, 0.15) is 11.1 Å². The molecule has 3 rings (SSSR count). The molecule has 0 aliphatic heterocycles. The molecule has 2 aromatic carbocycles. The summed E-state index contributed by atoms with van der Waals surface area (Å²) in [6.45, 7) is 4.08. The average molecular weight is 306 g/mol. The molecule has 0 saturated heterocycles. The highest BCUT2D eigenvalue weighted by atomic mass is 35.5. The fraction of sp³-hybridized carbons (Fsp3) is 0.133. The maximum atomic E-state index is 6.24. The summed E-state index contributed by atoms with van der Waals surface area (Å²) < 4.78 is 0. The molecule has 0 aliphatic carbocycles. The molecular formula is C15H13Cl2N3. The van der Waals surface area contributed by atoms with E-state index in [2.05, 4.69) is 16.0 Å². The zero-order valence-corrected chi connectivity index (χ0v) is 12.6. The summed E-state index contributed by atoms with van der Waals surface area (Å²) in [5, 5.41) is 0.998. The molecule has 0 amide bonds. The first-order chi connectivity index (χ1) is 9.47. The number of halogens is 2. The van der Waals surface area contributed by atoms with Crippen LogP contribution in [0.4, 0.5) is 5.69 Å². The second kappa shape index (κ2) is 4.69. The first-order valence-electron chi connectivity index (χ1n) is 6.18. The Morgan fingerprint density at radius 1 is 1.10 bits per heavy atom. The largest absolute Gasteiger partial charge is 0.397 e. The number of aromatic nitrogens is 2. The highest BCUT2D eigenvalue weighted by molar-refractivity contribution is 6.37. The minimum Gasteiger partial charge on any atom is -0.397 e. The van der Waals surface area contributed by atoms with E-state index >= 15 is 0 Å². The Balaban J connectivity index is 2.31. The summed E-state index contributed by atoms with van der Waals surface area (Å²) in [5.41, 5.74) is 11.3. The number of H-pyrrole nitrogens is 1. The van der Waals surface area contributed by atoms with E-state index in [-0.39, 0.29) is 0 Å². The van der Waals surface area contributed by atoms with E-state index in [1.54, 1.807) is 12.1 Å². The van der Waals surface area contributed by atoms with Gasteiger partial charge in [0, 0.05) is 0 Å². The van der Waals surface area contributed by atoms with Gasteiger partial charge in [-0.3, -0.25) is 0 Å². The number of aromatic amines is 1. The zero-order valence-electron chi connectivity index (χ0n) is 11.1. The number of benzene rings is 2. The number of imidazole rings is 1.